The standard InChI is InChI=1S/C46H32Cl2N2O3/c47-37-15-1-8-30(22-37)24-40-28-34-12-5-18-42(44(34)52-40)32-10-3-14-36(26-32)46(51)50(21-7-20-49)39-17-4-11-33(27-39)43-19-6-13-35-29-41(53-45(35)43)25-31-9-2-16-38(48)23-31/h1-6,8-19,22-23,26-29H,7,21,24-25H2. The maximum Gasteiger partial charge on any atom is 0.258 e. The number of nitrogens with zero attached hydrogens (tertiary/aromatic N) is 2. The first-order valence-electron chi connectivity index (χ1n) is 17.3. The van der Waals surface area contributed by atoms with E-state index in [0.717, 1.165) is 66.8 Å². The van der Waals surface area contributed by atoms with E-state index in [4.69, 9.17) is 32.0 Å². The van der Waals surface area contributed by atoms with Crippen molar-refractivity contribution in [2.24, 2.45) is 0 Å². The third kappa shape index (κ3) is 7.34. The average molecular weight is 732 g/mol. The molecule has 0 radical (unpaired) electrons. The lowest BCUT2D eigenvalue weighted by molar-refractivity contribution is 0.0987. The lowest BCUT2D eigenvalue weighted by Crippen LogP contribution is -2.31. The summed E-state index contributed by atoms with van der Waals surface area (Å²) in [6.45, 7) is 0.235. The Morgan fingerprint density at radius 2 is 1.13 bits per heavy atom. The summed E-state index contributed by atoms with van der Waals surface area (Å²) in [5.74, 6) is 1.46. The van der Waals surface area contributed by atoms with Crippen LogP contribution in [0.3, 0.4) is 0 Å². The van der Waals surface area contributed by atoms with Gasteiger partial charge in [0.15, 0.2) is 0 Å². The van der Waals surface area contributed by atoms with Crippen LogP contribution in [0.25, 0.3) is 44.2 Å². The zero-order chi connectivity index (χ0) is 36.3. The second kappa shape index (κ2) is 14.9. The summed E-state index contributed by atoms with van der Waals surface area (Å²) in [4.78, 5) is 16.0. The minimum Gasteiger partial charge on any atom is -0.460 e. The van der Waals surface area contributed by atoms with Crippen LogP contribution in [0.15, 0.2) is 154 Å². The maximum absolute atomic E-state index is 14.3. The Hall–Kier alpha value is -6.06. The first-order valence-corrected chi connectivity index (χ1v) is 18.1. The van der Waals surface area contributed by atoms with E-state index in [2.05, 4.69) is 18.2 Å². The molecular weight excluding hydrogens is 699 g/mol. The monoisotopic (exact) mass is 730 g/mol. The maximum atomic E-state index is 14.3. The number of para-hydroxylation sites is 2. The predicted octanol–water partition coefficient (Wildman–Crippen LogP) is 12.6. The Balaban J connectivity index is 1.10. The molecule has 7 heteroatoms. The SMILES string of the molecule is N#CCCN(C(=O)c1cccc(-c2cccc3cc(Cc4cccc(Cl)c4)oc23)c1)c1cccc(-c2cccc3cc(Cc4cccc(Cl)c4)oc23)c1. The molecule has 6 aromatic carbocycles. The molecule has 0 N–H and O–H groups in total. The topological polar surface area (TPSA) is 70.4 Å². The lowest BCUT2D eigenvalue weighted by Gasteiger charge is -2.23. The van der Waals surface area contributed by atoms with Gasteiger partial charge in [-0.05, 0) is 82.9 Å². The predicted molar refractivity (Wildman–Crippen MR) is 214 cm³/mol. The number of rotatable bonds is 10. The molecule has 0 aliphatic heterocycles. The molecule has 0 unspecified atom stereocenters. The quantitative estimate of drug-likeness (QED) is 0.140. The molecule has 258 valence electrons. The third-order valence-electron chi connectivity index (χ3n) is 9.31. The highest BCUT2D eigenvalue weighted by molar-refractivity contribution is 6.30. The van der Waals surface area contributed by atoms with Crippen LogP contribution in [0.5, 0.6) is 0 Å². The van der Waals surface area contributed by atoms with Crippen LogP contribution >= 0.6 is 23.2 Å². The van der Waals surface area contributed by atoms with Crippen LogP contribution in [-0.2, 0) is 12.8 Å². The van der Waals surface area contributed by atoms with Gasteiger partial charge in [0.1, 0.15) is 22.7 Å². The second-order valence-corrected chi connectivity index (χ2v) is 13.9. The number of anilines is 1. The number of halogens is 2. The molecule has 5 nitrogen and oxygen atoms in total. The van der Waals surface area contributed by atoms with Gasteiger partial charge in [-0.15, -0.1) is 0 Å². The van der Waals surface area contributed by atoms with Crippen LogP contribution in [-0.4, -0.2) is 12.5 Å². The van der Waals surface area contributed by atoms with Crippen molar-refractivity contribution in [1.82, 2.24) is 0 Å². The van der Waals surface area contributed by atoms with Crippen molar-refractivity contribution < 1.29 is 13.6 Å². The zero-order valence-corrected chi connectivity index (χ0v) is 30.1. The van der Waals surface area contributed by atoms with Gasteiger partial charge in [0.25, 0.3) is 5.91 Å². The lowest BCUT2D eigenvalue weighted by atomic mass is 10.00. The molecule has 0 aliphatic carbocycles. The Kier molecular flexibility index (Phi) is 9.57. The van der Waals surface area contributed by atoms with Gasteiger partial charge in [-0.3, -0.25) is 4.79 Å². The van der Waals surface area contributed by atoms with E-state index in [1.54, 1.807) is 4.90 Å². The molecule has 8 aromatic rings. The summed E-state index contributed by atoms with van der Waals surface area (Å²) in [5.41, 5.74) is 8.41. The first-order chi connectivity index (χ1) is 25.9. The highest BCUT2D eigenvalue weighted by Gasteiger charge is 2.21. The van der Waals surface area contributed by atoms with Crippen molar-refractivity contribution in [1.29, 1.82) is 5.26 Å². The van der Waals surface area contributed by atoms with Crippen molar-refractivity contribution in [2.75, 3.05) is 11.4 Å². The summed E-state index contributed by atoms with van der Waals surface area (Å²) in [6.07, 6.45) is 1.40. The Labute approximate surface area is 317 Å². The van der Waals surface area contributed by atoms with Crippen molar-refractivity contribution in [3.8, 4) is 28.3 Å². The van der Waals surface area contributed by atoms with E-state index >= 15 is 0 Å². The number of hydrogen-bond acceptors (Lipinski definition) is 4. The minimum absolute atomic E-state index is 0.178. The summed E-state index contributed by atoms with van der Waals surface area (Å²) in [7, 11) is 0. The Bertz CT molecular complexity index is 2670. The van der Waals surface area contributed by atoms with E-state index in [-0.39, 0.29) is 18.9 Å². The fourth-order valence-electron chi connectivity index (χ4n) is 6.88. The van der Waals surface area contributed by atoms with Crippen molar-refractivity contribution >= 4 is 56.7 Å². The largest absolute Gasteiger partial charge is 0.460 e. The zero-order valence-electron chi connectivity index (χ0n) is 28.6. The Morgan fingerprint density at radius 3 is 1.70 bits per heavy atom. The Morgan fingerprint density at radius 1 is 0.604 bits per heavy atom. The smallest absolute Gasteiger partial charge is 0.258 e. The molecule has 0 aliphatic rings. The van der Waals surface area contributed by atoms with Crippen LogP contribution < -0.4 is 4.90 Å². The molecule has 2 aromatic heterocycles. The van der Waals surface area contributed by atoms with Crippen LogP contribution in [0.4, 0.5) is 5.69 Å². The van der Waals surface area contributed by atoms with E-state index in [9.17, 15) is 10.1 Å². The summed E-state index contributed by atoms with van der Waals surface area (Å²) < 4.78 is 12.8. The van der Waals surface area contributed by atoms with E-state index in [1.165, 1.54) is 0 Å². The molecule has 2 heterocycles. The molecule has 53 heavy (non-hydrogen) atoms. The average Bonchev–Trinajstić information content (AvgIpc) is 3.78. The fraction of sp³-hybridized carbons (Fsp3) is 0.0870. The van der Waals surface area contributed by atoms with Gasteiger partial charge in [-0.1, -0.05) is 108 Å². The minimum atomic E-state index is -0.201. The van der Waals surface area contributed by atoms with Gasteiger partial charge in [0.05, 0.1) is 12.5 Å². The van der Waals surface area contributed by atoms with E-state index < -0.39 is 0 Å². The normalized spacial score (nSPS) is 11.2. The number of carbonyl (C=O) groups is 1. The van der Waals surface area contributed by atoms with Crippen LogP contribution in [0.1, 0.15) is 39.4 Å². The second-order valence-electron chi connectivity index (χ2n) is 13.0. The molecule has 1 amide bonds. The number of hydrogen-bond donors (Lipinski definition) is 0. The number of fused-ring (bicyclic) bond motifs is 2. The van der Waals surface area contributed by atoms with Crippen LogP contribution in [0, 0.1) is 11.3 Å². The molecule has 0 bridgehead atoms. The molecule has 0 saturated carbocycles. The number of carbonyl (C=O) groups excluding carboxylic acids is 1. The van der Waals surface area contributed by atoms with Gasteiger partial charge in [-0.2, -0.15) is 5.26 Å². The van der Waals surface area contributed by atoms with Crippen molar-refractivity contribution in [2.45, 2.75) is 19.3 Å². The van der Waals surface area contributed by atoms with Gasteiger partial charge >= 0.3 is 0 Å². The van der Waals surface area contributed by atoms with Gasteiger partial charge in [-0.25, -0.2) is 0 Å². The number of nitriles is 1. The molecule has 0 saturated heterocycles. The number of benzene rings is 6. The highest BCUT2D eigenvalue weighted by Crippen LogP contribution is 2.36. The van der Waals surface area contributed by atoms with Crippen LogP contribution in [0.2, 0.25) is 10.0 Å². The summed E-state index contributed by atoms with van der Waals surface area (Å²) in [6, 6.07) is 49.3. The summed E-state index contributed by atoms with van der Waals surface area (Å²) in [5, 5.41) is 12.9. The molecule has 0 fully saturated rings. The first kappa shape index (κ1) is 34.0. The summed E-state index contributed by atoms with van der Waals surface area (Å²) >= 11 is 12.5. The fourth-order valence-corrected chi connectivity index (χ4v) is 7.31. The highest BCUT2D eigenvalue weighted by atomic mass is 35.5. The van der Waals surface area contributed by atoms with Gasteiger partial charge < -0.3 is 13.7 Å². The molecule has 0 spiro atoms. The molecular formula is C46H32Cl2N2O3. The van der Waals surface area contributed by atoms with Gasteiger partial charge in [0, 0.05) is 62.6 Å². The third-order valence-corrected chi connectivity index (χ3v) is 9.78. The number of amides is 1. The molecule has 8 rings (SSSR count). The van der Waals surface area contributed by atoms with E-state index in [1.807, 2.05) is 133 Å². The van der Waals surface area contributed by atoms with E-state index in [0.29, 0.717) is 34.1 Å². The van der Waals surface area contributed by atoms with Crippen molar-refractivity contribution in [3.63, 3.8) is 0 Å². The van der Waals surface area contributed by atoms with Crippen molar-refractivity contribution in [3.05, 3.63) is 184 Å². The molecule has 0 atom stereocenters. The van der Waals surface area contributed by atoms with Gasteiger partial charge in [0.2, 0.25) is 0 Å². The number of furan rings is 2.